The Balaban J connectivity index is 1.50. The summed E-state index contributed by atoms with van der Waals surface area (Å²) >= 11 is 0. The molecule has 4 aromatic rings. The first-order valence-corrected chi connectivity index (χ1v) is 13.2. The van der Waals surface area contributed by atoms with Crippen LogP contribution in [0.1, 0.15) is 59.8 Å². The molecule has 1 aliphatic rings. The van der Waals surface area contributed by atoms with Crippen molar-refractivity contribution in [2.24, 2.45) is 0 Å². The van der Waals surface area contributed by atoms with E-state index < -0.39 is 17.3 Å². The van der Waals surface area contributed by atoms with Crippen LogP contribution in [0, 0.1) is 0 Å². The largest absolute Gasteiger partial charge is 0.416 e. The number of pyridine rings is 1. The molecule has 0 fully saturated rings. The van der Waals surface area contributed by atoms with Gasteiger partial charge in [0.05, 0.1) is 17.3 Å². The summed E-state index contributed by atoms with van der Waals surface area (Å²) in [6.07, 6.45) is 0.290. The van der Waals surface area contributed by atoms with Crippen LogP contribution in [0.5, 0.6) is 0 Å². The summed E-state index contributed by atoms with van der Waals surface area (Å²) in [6, 6.07) is 14.2. The van der Waals surface area contributed by atoms with Crippen LogP contribution in [0.15, 0.2) is 67.0 Å². The molecule has 2 aromatic heterocycles. The van der Waals surface area contributed by atoms with Crippen molar-refractivity contribution in [1.29, 1.82) is 0 Å². The normalized spacial score (nSPS) is 13.8. The molecule has 0 unspecified atom stereocenters. The number of amides is 2. The first kappa shape index (κ1) is 27.4. The summed E-state index contributed by atoms with van der Waals surface area (Å²) in [5, 5.41) is 7.31. The Bertz CT molecular complexity index is 1580. The summed E-state index contributed by atoms with van der Waals surface area (Å²) in [6.45, 7) is 6.26. The molecule has 0 bridgehead atoms. The van der Waals surface area contributed by atoms with Gasteiger partial charge in [-0.15, -0.1) is 0 Å². The lowest BCUT2D eigenvalue weighted by Crippen LogP contribution is -2.50. The number of alkyl halides is 3. The summed E-state index contributed by atoms with van der Waals surface area (Å²) in [4.78, 5) is 28.3. The molecule has 9 heteroatoms. The highest BCUT2D eigenvalue weighted by Gasteiger charge is 2.32. The zero-order valence-corrected chi connectivity index (χ0v) is 22.7. The van der Waals surface area contributed by atoms with E-state index in [-0.39, 0.29) is 24.8 Å². The van der Waals surface area contributed by atoms with E-state index in [0.717, 1.165) is 28.8 Å². The van der Waals surface area contributed by atoms with Crippen LogP contribution in [-0.2, 0) is 25.6 Å². The van der Waals surface area contributed by atoms with Crippen molar-refractivity contribution in [3.63, 3.8) is 0 Å². The van der Waals surface area contributed by atoms with E-state index >= 15 is 0 Å². The van der Waals surface area contributed by atoms with Gasteiger partial charge in [-0.05, 0) is 85.7 Å². The summed E-state index contributed by atoms with van der Waals surface area (Å²) in [7, 11) is 0. The molecule has 3 heterocycles. The molecule has 5 rings (SSSR count). The molecule has 40 heavy (non-hydrogen) atoms. The van der Waals surface area contributed by atoms with Gasteiger partial charge in [-0.3, -0.25) is 4.79 Å². The highest BCUT2D eigenvalue weighted by atomic mass is 19.4. The van der Waals surface area contributed by atoms with E-state index in [4.69, 9.17) is 0 Å². The first-order chi connectivity index (χ1) is 18.9. The van der Waals surface area contributed by atoms with Gasteiger partial charge in [0.1, 0.15) is 0 Å². The van der Waals surface area contributed by atoms with Crippen LogP contribution >= 0.6 is 0 Å². The van der Waals surface area contributed by atoms with Crippen molar-refractivity contribution in [1.82, 2.24) is 19.8 Å². The second kappa shape index (κ2) is 10.4. The number of ketones is 1. The maximum atomic E-state index is 13.6. The molecule has 0 radical (unpaired) electrons. The Kier molecular flexibility index (Phi) is 7.16. The molecule has 0 saturated heterocycles. The van der Waals surface area contributed by atoms with Crippen molar-refractivity contribution in [2.45, 2.75) is 58.3 Å². The number of carbonyl (C=O) groups is 2. The van der Waals surface area contributed by atoms with Crippen molar-refractivity contribution in [2.75, 3.05) is 6.54 Å². The second-order valence-corrected chi connectivity index (χ2v) is 11.2. The van der Waals surface area contributed by atoms with Gasteiger partial charge >= 0.3 is 12.2 Å². The zero-order valence-electron chi connectivity index (χ0n) is 22.7. The van der Waals surface area contributed by atoms with Gasteiger partial charge in [0.2, 0.25) is 0 Å². The van der Waals surface area contributed by atoms with E-state index in [1.165, 1.54) is 6.07 Å². The minimum Gasteiger partial charge on any atom is -0.333 e. The minimum atomic E-state index is -4.47. The van der Waals surface area contributed by atoms with E-state index in [2.05, 4.69) is 10.4 Å². The monoisotopic (exact) mass is 548 g/mol. The highest BCUT2D eigenvalue weighted by Crippen LogP contribution is 2.37. The lowest BCUT2D eigenvalue weighted by Gasteiger charge is -2.34. The molecule has 0 aliphatic carbocycles. The van der Waals surface area contributed by atoms with Gasteiger partial charge < -0.3 is 10.2 Å². The number of nitrogens with zero attached hydrogens (tertiary/aromatic N) is 3. The zero-order chi connectivity index (χ0) is 28.7. The predicted octanol–water partition coefficient (Wildman–Crippen LogP) is 6.70. The molecular formula is C31H31F3N4O2. The molecule has 0 atom stereocenters. The van der Waals surface area contributed by atoms with Gasteiger partial charge in [0.25, 0.3) is 0 Å². The Morgan fingerprint density at radius 2 is 1.80 bits per heavy atom. The maximum absolute atomic E-state index is 13.6. The molecule has 2 aromatic carbocycles. The third-order valence-corrected chi connectivity index (χ3v) is 7.11. The lowest BCUT2D eigenvalue weighted by molar-refractivity contribution is -0.137. The number of rotatable bonds is 5. The SMILES string of the molecule is CC(C)(C)NC(=O)N1CCc2c(-c3cccc(C(F)(F)F)c3)ccc(C(=O)CCc3cnn4ccccc34)c2C1. The number of fused-ring (bicyclic) bond motifs is 2. The van der Waals surface area contributed by atoms with Crippen molar-refractivity contribution in [3.8, 4) is 11.1 Å². The molecule has 6 nitrogen and oxygen atoms in total. The van der Waals surface area contributed by atoms with E-state index in [0.29, 0.717) is 41.6 Å². The third kappa shape index (κ3) is 5.73. The van der Waals surface area contributed by atoms with Gasteiger partial charge in [0.15, 0.2) is 5.78 Å². The molecule has 2 amide bonds. The van der Waals surface area contributed by atoms with Crippen molar-refractivity contribution >= 4 is 17.3 Å². The van der Waals surface area contributed by atoms with Crippen LogP contribution in [0.2, 0.25) is 0 Å². The standard InChI is InChI=1S/C31H31F3N4O2/c1-30(2,3)36-29(40)37-16-14-24-23(20-7-6-8-22(17-20)31(32,33)34)11-12-25(26(24)19-37)28(39)13-10-21-18-35-38-15-5-4-9-27(21)38/h4-9,11-12,15,17-18H,10,13-14,16,19H2,1-3H3,(H,36,40). The Morgan fingerprint density at radius 3 is 2.55 bits per heavy atom. The topological polar surface area (TPSA) is 66.7 Å². The van der Waals surface area contributed by atoms with Gasteiger partial charge in [-0.1, -0.05) is 30.3 Å². The fourth-order valence-electron chi connectivity index (χ4n) is 5.21. The number of benzene rings is 2. The fourth-order valence-corrected chi connectivity index (χ4v) is 5.21. The number of aryl methyl sites for hydroxylation is 1. The number of urea groups is 1. The van der Waals surface area contributed by atoms with Crippen LogP contribution in [-0.4, -0.2) is 38.4 Å². The molecule has 0 saturated carbocycles. The molecule has 1 N–H and O–H groups in total. The van der Waals surface area contributed by atoms with Crippen LogP contribution in [0.25, 0.3) is 16.6 Å². The number of carbonyl (C=O) groups excluding carboxylic acids is 2. The number of hydrogen-bond acceptors (Lipinski definition) is 3. The van der Waals surface area contributed by atoms with Crippen LogP contribution < -0.4 is 5.32 Å². The third-order valence-electron chi connectivity index (χ3n) is 7.11. The summed E-state index contributed by atoms with van der Waals surface area (Å²) in [5.41, 5.74) is 3.79. The Hall–Kier alpha value is -4.14. The van der Waals surface area contributed by atoms with Gasteiger partial charge in [-0.2, -0.15) is 18.3 Å². The summed E-state index contributed by atoms with van der Waals surface area (Å²) < 4.78 is 42.2. The first-order valence-electron chi connectivity index (χ1n) is 13.2. The van der Waals surface area contributed by atoms with Crippen LogP contribution in [0.3, 0.4) is 0 Å². The smallest absolute Gasteiger partial charge is 0.333 e. The number of Topliss-reactive ketones (excluding diaryl/α,β-unsaturated/α-hetero) is 1. The molecule has 0 spiro atoms. The van der Waals surface area contributed by atoms with E-state index in [1.54, 1.807) is 33.8 Å². The predicted molar refractivity (Wildman–Crippen MR) is 147 cm³/mol. The van der Waals surface area contributed by atoms with Gasteiger partial charge in [-0.25, -0.2) is 9.31 Å². The molecule has 1 aliphatic heterocycles. The number of hydrogen-bond donors (Lipinski definition) is 1. The number of nitrogens with one attached hydrogen (secondary N) is 1. The van der Waals surface area contributed by atoms with Crippen molar-refractivity contribution in [3.05, 3.63) is 94.8 Å². The quantitative estimate of drug-likeness (QED) is 0.282. The van der Waals surface area contributed by atoms with Crippen LogP contribution in [0.4, 0.5) is 18.0 Å². The molecule has 208 valence electrons. The Labute approximate surface area is 230 Å². The average molecular weight is 549 g/mol. The maximum Gasteiger partial charge on any atom is 0.416 e. The van der Waals surface area contributed by atoms with Gasteiger partial charge in [0, 0.05) is 36.8 Å². The number of halogens is 3. The number of aromatic nitrogens is 2. The van der Waals surface area contributed by atoms with Crippen molar-refractivity contribution < 1.29 is 22.8 Å². The fraction of sp³-hybridized carbons (Fsp3) is 0.323. The van der Waals surface area contributed by atoms with E-state index in [1.807, 2.05) is 45.2 Å². The highest BCUT2D eigenvalue weighted by molar-refractivity contribution is 5.99. The lowest BCUT2D eigenvalue weighted by atomic mass is 9.85. The summed E-state index contributed by atoms with van der Waals surface area (Å²) in [5.74, 6) is -0.0831. The average Bonchev–Trinajstić information content (AvgIpc) is 3.32. The molecular weight excluding hydrogens is 517 g/mol. The Morgan fingerprint density at radius 1 is 1.00 bits per heavy atom. The second-order valence-electron chi connectivity index (χ2n) is 11.2. The minimum absolute atomic E-state index is 0.0831. The van der Waals surface area contributed by atoms with E-state index in [9.17, 15) is 22.8 Å².